The maximum atomic E-state index is 11.6. The van der Waals surface area contributed by atoms with Gasteiger partial charge in [-0.3, -0.25) is 0 Å². The molecule has 2 aliphatic carbocycles. The Labute approximate surface area is 96.4 Å². The summed E-state index contributed by atoms with van der Waals surface area (Å²) in [7, 11) is 0. The third-order valence-corrected chi connectivity index (χ3v) is 3.48. The Morgan fingerprint density at radius 1 is 1.31 bits per heavy atom. The lowest BCUT2D eigenvalue weighted by molar-refractivity contribution is 0.0420. The molecule has 2 bridgehead atoms. The summed E-state index contributed by atoms with van der Waals surface area (Å²) < 4.78 is 5.21. The molecule has 2 fully saturated rings. The molecule has 4 nitrogen and oxygen atoms in total. The van der Waals surface area contributed by atoms with Gasteiger partial charge in [0.15, 0.2) is 0 Å². The maximum Gasteiger partial charge on any atom is 0.407 e. The van der Waals surface area contributed by atoms with Crippen LogP contribution in [0.1, 0.15) is 40.0 Å². The highest BCUT2D eigenvalue weighted by Gasteiger charge is 2.46. The fourth-order valence-electron chi connectivity index (χ4n) is 2.94. The van der Waals surface area contributed by atoms with Crippen LogP contribution in [0.3, 0.4) is 0 Å². The highest BCUT2D eigenvalue weighted by atomic mass is 16.6. The van der Waals surface area contributed by atoms with Crippen molar-refractivity contribution in [3.8, 4) is 0 Å². The number of amides is 1. The van der Waals surface area contributed by atoms with Gasteiger partial charge < -0.3 is 15.2 Å². The Morgan fingerprint density at radius 3 is 2.50 bits per heavy atom. The molecule has 2 rings (SSSR count). The van der Waals surface area contributed by atoms with E-state index in [-0.39, 0.29) is 24.2 Å². The summed E-state index contributed by atoms with van der Waals surface area (Å²) in [6.07, 6.45) is 2.33. The van der Waals surface area contributed by atoms with Crippen LogP contribution in [-0.4, -0.2) is 28.9 Å². The molecule has 0 radical (unpaired) electrons. The van der Waals surface area contributed by atoms with Crippen molar-refractivity contribution in [2.24, 2.45) is 11.8 Å². The van der Waals surface area contributed by atoms with Crippen LogP contribution in [0.25, 0.3) is 0 Å². The smallest absolute Gasteiger partial charge is 0.407 e. The summed E-state index contributed by atoms with van der Waals surface area (Å²) in [5.41, 5.74) is -0.458. The summed E-state index contributed by atoms with van der Waals surface area (Å²) in [6.45, 7) is 5.55. The number of aliphatic hydroxyl groups excluding tert-OH is 1. The van der Waals surface area contributed by atoms with Crippen LogP contribution in [-0.2, 0) is 4.74 Å². The zero-order valence-corrected chi connectivity index (χ0v) is 10.2. The predicted molar refractivity (Wildman–Crippen MR) is 60.0 cm³/mol. The van der Waals surface area contributed by atoms with Gasteiger partial charge in [-0.15, -0.1) is 0 Å². The Hall–Kier alpha value is -0.770. The largest absolute Gasteiger partial charge is 0.444 e. The van der Waals surface area contributed by atoms with Crippen LogP contribution in [0.15, 0.2) is 0 Å². The fraction of sp³-hybridized carbons (Fsp3) is 0.917. The van der Waals surface area contributed by atoms with Crippen LogP contribution in [0.5, 0.6) is 0 Å². The lowest BCUT2D eigenvalue weighted by Gasteiger charge is -2.28. The highest BCUT2D eigenvalue weighted by Crippen LogP contribution is 2.44. The van der Waals surface area contributed by atoms with Gasteiger partial charge >= 0.3 is 6.09 Å². The van der Waals surface area contributed by atoms with Gasteiger partial charge in [0, 0.05) is 12.0 Å². The van der Waals surface area contributed by atoms with Gasteiger partial charge in [-0.1, -0.05) is 0 Å². The normalized spacial score (nSPS) is 37.5. The average molecular weight is 227 g/mol. The van der Waals surface area contributed by atoms with Crippen LogP contribution in [0.4, 0.5) is 4.79 Å². The van der Waals surface area contributed by atoms with E-state index in [2.05, 4.69) is 5.32 Å². The van der Waals surface area contributed by atoms with E-state index in [1.165, 1.54) is 0 Å². The third kappa shape index (κ3) is 2.48. The summed E-state index contributed by atoms with van der Waals surface area (Å²) >= 11 is 0. The van der Waals surface area contributed by atoms with Crippen molar-refractivity contribution in [2.75, 3.05) is 0 Å². The fourth-order valence-corrected chi connectivity index (χ4v) is 2.94. The maximum absolute atomic E-state index is 11.6. The van der Waals surface area contributed by atoms with E-state index in [0.29, 0.717) is 5.92 Å². The molecule has 0 aromatic heterocycles. The second-order valence-corrected chi connectivity index (χ2v) is 6.06. The van der Waals surface area contributed by atoms with Gasteiger partial charge in [-0.05, 0) is 46.0 Å². The Kier molecular flexibility index (Phi) is 2.86. The number of hydrogen-bond donors (Lipinski definition) is 2. The Bertz CT molecular complexity index is 284. The molecule has 2 aliphatic rings. The Morgan fingerprint density at radius 2 is 2.00 bits per heavy atom. The van der Waals surface area contributed by atoms with Crippen LogP contribution in [0.2, 0.25) is 0 Å². The topological polar surface area (TPSA) is 58.6 Å². The molecule has 0 spiro atoms. The number of carbonyl (C=O) groups is 1. The first-order valence-electron chi connectivity index (χ1n) is 6.03. The lowest BCUT2D eigenvalue weighted by Crippen LogP contribution is -2.44. The van der Waals surface area contributed by atoms with E-state index in [1.807, 2.05) is 20.8 Å². The molecule has 0 heterocycles. The molecule has 0 saturated heterocycles. The second kappa shape index (κ2) is 3.91. The monoisotopic (exact) mass is 227 g/mol. The van der Waals surface area contributed by atoms with Crippen molar-refractivity contribution < 1.29 is 14.6 Å². The van der Waals surface area contributed by atoms with Crippen molar-refractivity contribution in [3.05, 3.63) is 0 Å². The molecule has 16 heavy (non-hydrogen) atoms. The standard InChI is InChI=1S/C12H21NO3/c1-12(2,3)16-11(15)13-9-5-7-4-8(9)10(14)6-7/h7-10,14H,4-6H2,1-3H3,(H,13,15)/t7-,8+,9-,10+/m1/s1. The minimum atomic E-state index is -0.458. The number of hydrogen-bond acceptors (Lipinski definition) is 3. The van der Waals surface area contributed by atoms with E-state index in [0.717, 1.165) is 19.3 Å². The van der Waals surface area contributed by atoms with Crippen molar-refractivity contribution in [1.82, 2.24) is 5.32 Å². The molecular formula is C12H21NO3. The second-order valence-electron chi connectivity index (χ2n) is 6.06. The first-order valence-corrected chi connectivity index (χ1v) is 6.03. The third-order valence-electron chi connectivity index (χ3n) is 3.48. The van der Waals surface area contributed by atoms with E-state index in [1.54, 1.807) is 0 Å². The van der Waals surface area contributed by atoms with E-state index in [4.69, 9.17) is 4.74 Å². The number of alkyl carbamates (subject to hydrolysis) is 1. The van der Waals surface area contributed by atoms with Crippen LogP contribution >= 0.6 is 0 Å². The van der Waals surface area contributed by atoms with Gasteiger partial charge in [-0.25, -0.2) is 4.79 Å². The average Bonchev–Trinajstić information content (AvgIpc) is 2.57. The predicted octanol–water partition coefficient (Wildman–Crippen LogP) is 1.67. The lowest BCUT2D eigenvalue weighted by atomic mass is 9.93. The molecule has 1 amide bonds. The number of fused-ring (bicyclic) bond motifs is 2. The molecule has 4 heteroatoms. The highest BCUT2D eigenvalue weighted by molar-refractivity contribution is 5.68. The molecule has 0 aromatic rings. The van der Waals surface area contributed by atoms with Crippen LogP contribution in [0, 0.1) is 11.8 Å². The summed E-state index contributed by atoms with van der Waals surface area (Å²) in [5.74, 6) is 0.817. The van der Waals surface area contributed by atoms with Crippen molar-refractivity contribution in [2.45, 2.75) is 57.8 Å². The first-order chi connectivity index (χ1) is 7.35. The van der Waals surface area contributed by atoms with Crippen molar-refractivity contribution in [3.63, 3.8) is 0 Å². The van der Waals surface area contributed by atoms with Gasteiger partial charge in [-0.2, -0.15) is 0 Å². The van der Waals surface area contributed by atoms with E-state index < -0.39 is 5.60 Å². The van der Waals surface area contributed by atoms with E-state index >= 15 is 0 Å². The molecular weight excluding hydrogens is 206 g/mol. The first kappa shape index (κ1) is 11.7. The molecule has 0 aromatic carbocycles. The number of carbonyl (C=O) groups excluding carboxylic acids is 1. The summed E-state index contributed by atoms with van der Waals surface area (Å²) in [5, 5.41) is 12.6. The number of rotatable bonds is 1. The minimum absolute atomic E-state index is 0.101. The Balaban J connectivity index is 1.85. The SMILES string of the molecule is CC(C)(C)OC(=O)N[C@@H]1C[C@H]2C[C@@H]1[C@@H](O)C2. The molecule has 2 N–H and O–H groups in total. The van der Waals surface area contributed by atoms with Gasteiger partial charge in [0.05, 0.1) is 6.10 Å². The summed E-state index contributed by atoms with van der Waals surface area (Å²) in [6, 6.07) is 0.101. The number of nitrogens with one attached hydrogen (secondary N) is 1. The molecule has 4 atom stereocenters. The van der Waals surface area contributed by atoms with Crippen molar-refractivity contribution >= 4 is 6.09 Å². The molecule has 0 aliphatic heterocycles. The quantitative estimate of drug-likeness (QED) is 0.716. The van der Waals surface area contributed by atoms with Crippen molar-refractivity contribution in [1.29, 1.82) is 0 Å². The molecule has 2 saturated carbocycles. The molecule has 0 unspecified atom stereocenters. The number of ether oxygens (including phenoxy) is 1. The zero-order chi connectivity index (χ0) is 11.9. The van der Waals surface area contributed by atoms with Gasteiger partial charge in [0.25, 0.3) is 0 Å². The van der Waals surface area contributed by atoms with Gasteiger partial charge in [0.2, 0.25) is 0 Å². The number of aliphatic hydroxyl groups is 1. The molecule has 92 valence electrons. The zero-order valence-electron chi connectivity index (χ0n) is 10.2. The van der Waals surface area contributed by atoms with E-state index in [9.17, 15) is 9.90 Å². The van der Waals surface area contributed by atoms with Crippen LogP contribution < -0.4 is 5.32 Å². The summed E-state index contributed by atoms with van der Waals surface area (Å²) in [4.78, 5) is 11.6. The van der Waals surface area contributed by atoms with Gasteiger partial charge in [0.1, 0.15) is 5.60 Å². The minimum Gasteiger partial charge on any atom is -0.444 e.